The van der Waals surface area contributed by atoms with E-state index in [0.29, 0.717) is 18.8 Å². The van der Waals surface area contributed by atoms with Crippen molar-refractivity contribution in [3.8, 4) is 5.69 Å². The van der Waals surface area contributed by atoms with E-state index in [1.807, 2.05) is 67.1 Å². The van der Waals surface area contributed by atoms with Crippen molar-refractivity contribution in [2.75, 3.05) is 18.4 Å². The number of likely N-dealkylation sites (N-methyl/N-ethyl adjacent to an activating group) is 1. The summed E-state index contributed by atoms with van der Waals surface area (Å²) in [5, 5.41) is 7.69. The van der Waals surface area contributed by atoms with E-state index in [1.165, 1.54) is 12.4 Å². The van der Waals surface area contributed by atoms with E-state index in [1.54, 1.807) is 21.7 Å². The molecule has 8 nitrogen and oxygen atoms in total. The fourth-order valence-electron chi connectivity index (χ4n) is 3.72. The first-order chi connectivity index (χ1) is 16.0. The number of aromatic nitrogens is 3. The predicted molar refractivity (Wildman–Crippen MR) is 126 cm³/mol. The second kappa shape index (κ2) is 9.52. The Bertz CT molecular complexity index is 1300. The van der Waals surface area contributed by atoms with E-state index >= 15 is 0 Å². The normalized spacial score (nSPS) is 10.8. The van der Waals surface area contributed by atoms with Crippen LogP contribution in [0.25, 0.3) is 16.6 Å². The van der Waals surface area contributed by atoms with Gasteiger partial charge in [-0.2, -0.15) is 5.10 Å². The van der Waals surface area contributed by atoms with Crippen molar-refractivity contribution in [2.45, 2.75) is 20.4 Å². The summed E-state index contributed by atoms with van der Waals surface area (Å²) < 4.78 is 3.43. The van der Waals surface area contributed by atoms with Gasteiger partial charge in [-0.25, -0.2) is 4.68 Å². The van der Waals surface area contributed by atoms with Crippen molar-refractivity contribution in [2.24, 2.45) is 0 Å². The summed E-state index contributed by atoms with van der Waals surface area (Å²) in [6, 6.07) is 16.6. The molecule has 0 saturated carbocycles. The Labute approximate surface area is 191 Å². The zero-order valence-corrected chi connectivity index (χ0v) is 18.6. The number of benzene rings is 2. The number of amides is 2. The summed E-state index contributed by atoms with van der Waals surface area (Å²) in [7, 11) is 0. The highest BCUT2D eigenvalue weighted by atomic mass is 16.2. The van der Waals surface area contributed by atoms with Crippen LogP contribution in [-0.2, 0) is 16.1 Å². The Morgan fingerprint density at radius 2 is 1.76 bits per heavy atom. The van der Waals surface area contributed by atoms with E-state index in [0.717, 1.165) is 16.6 Å². The lowest BCUT2D eigenvalue weighted by atomic mass is 10.2. The summed E-state index contributed by atoms with van der Waals surface area (Å²) in [4.78, 5) is 39.3. The molecule has 4 aromatic rings. The number of hydrogen-bond acceptors (Lipinski definition) is 4. The van der Waals surface area contributed by atoms with Gasteiger partial charge in [0.25, 0.3) is 11.7 Å². The van der Waals surface area contributed by atoms with Crippen LogP contribution >= 0.6 is 0 Å². The van der Waals surface area contributed by atoms with Crippen molar-refractivity contribution >= 4 is 34.2 Å². The number of nitrogens with zero attached hydrogens (tertiary/aromatic N) is 4. The molecule has 4 rings (SSSR count). The average molecular weight is 444 g/mol. The van der Waals surface area contributed by atoms with E-state index in [-0.39, 0.29) is 18.0 Å². The molecule has 2 aromatic carbocycles. The smallest absolute Gasteiger partial charge is 0.296 e. The van der Waals surface area contributed by atoms with Gasteiger partial charge in [-0.05, 0) is 50.2 Å². The topological polar surface area (TPSA) is 89.2 Å². The molecule has 33 heavy (non-hydrogen) atoms. The molecule has 8 heteroatoms. The monoisotopic (exact) mass is 443 g/mol. The molecule has 0 unspecified atom stereocenters. The molecule has 2 amide bonds. The van der Waals surface area contributed by atoms with Gasteiger partial charge in [-0.15, -0.1) is 0 Å². The van der Waals surface area contributed by atoms with E-state index in [2.05, 4.69) is 10.4 Å². The summed E-state index contributed by atoms with van der Waals surface area (Å²) in [5.41, 5.74) is 2.39. The van der Waals surface area contributed by atoms with Gasteiger partial charge in [0, 0.05) is 42.1 Å². The minimum atomic E-state index is -0.738. The van der Waals surface area contributed by atoms with Gasteiger partial charge < -0.3 is 14.8 Å². The molecule has 0 fully saturated rings. The SMILES string of the molecule is CCN(CC)C(=O)Cn1ccc2cc(NC(=O)C(=O)c3cnn(-c4ccccc4)c3)ccc21. The molecule has 0 radical (unpaired) electrons. The zero-order valence-electron chi connectivity index (χ0n) is 18.6. The van der Waals surface area contributed by atoms with Crippen LogP contribution in [0.4, 0.5) is 5.69 Å². The molecule has 0 aliphatic rings. The molecule has 0 atom stereocenters. The number of hydrogen-bond donors (Lipinski definition) is 1. The zero-order chi connectivity index (χ0) is 23.4. The van der Waals surface area contributed by atoms with Gasteiger partial charge in [0.1, 0.15) is 6.54 Å². The number of Topliss-reactive ketones (excluding diaryl/α,β-unsaturated/α-hetero) is 1. The Hall–Kier alpha value is -4.20. The van der Waals surface area contributed by atoms with Crippen LogP contribution in [-0.4, -0.2) is 49.9 Å². The number of carbonyl (C=O) groups is 3. The third-order valence-corrected chi connectivity index (χ3v) is 5.52. The van der Waals surface area contributed by atoms with Gasteiger partial charge in [-0.1, -0.05) is 18.2 Å². The fourth-order valence-corrected chi connectivity index (χ4v) is 3.72. The minimum Gasteiger partial charge on any atom is -0.342 e. The van der Waals surface area contributed by atoms with Gasteiger partial charge in [-0.3, -0.25) is 14.4 Å². The Morgan fingerprint density at radius 3 is 2.48 bits per heavy atom. The van der Waals surface area contributed by atoms with Crippen LogP contribution in [0.3, 0.4) is 0 Å². The minimum absolute atomic E-state index is 0.0523. The average Bonchev–Trinajstić information content (AvgIpc) is 3.47. The predicted octanol–water partition coefficient (Wildman–Crippen LogP) is 3.52. The Kier molecular flexibility index (Phi) is 6.35. The molecule has 0 bridgehead atoms. The van der Waals surface area contributed by atoms with Crippen LogP contribution in [0, 0.1) is 0 Å². The lowest BCUT2D eigenvalue weighted by molar-refractivity contribution is -0.131. The maximum atomic E-state index is 12.6. The number of anilines is 1. The number of carbonyl (C=O) groups excluding carboxylic acids is 3. The second-order valence-electron chi connectivity index (χ2n) is 7.58. The fraction of sp³-hybridized carbons (Fsp3) is 0.200. The molecule has 2 aromatic heterocycles. The maximum absolute atomic E-state index is 12.6. The molecule has 0 spiro atoms. The van der Waals surface area contributed by atoms with Gasteiger partial charge in [0.05, 0.1) is 17.4 Å². The van der Waals surface area contributed by atoms with E-state index in [4.69, 9.17) is 0 Å². The highest BCUT2D eigenvalue weighted by Crippen LogP contribution is 2.21. The summed E-state index contributed by atoms with van der Waals surface area (Å²) >= 11 is 0. The first-order valence-corrected chi connectivity index (χ1v) is 10.8. The van der Waals surface area contributed by atoms with Crippen molar-refractivity contribution in [3.63, 3.8) is 0 Å². The molecule has 0 saturated heterocycles. The van der Waals surface area contributed by atoms with Crippen LogP contribution in [0.5, 0.6) is 0 Å². The number of nitrogens with one attached hydrogen (secondary N) is 1. The number of ketones is 1. The number of para-hydroxylation sites is 1. The largest absolute Gasteiger partial charge is 0.342 e. The second-order valence-corrected chi connectivity index (χ2v) is 7.58. The Balaban J connectivity index is 1.45. The lowest BCUT2D eigenvalue weighted by Gasteiger charge is -2.19. The number of fused-ring (bicyclic) bond motifs is 1. The molecule has 168 valence electrons. The number of rotatable bonds is 8. The Morgan fingerprint density at radius 1 is 1.00 bits per heavy atom. The summed E-state index contributed by atoms with van der Waals surface area (Å²) in [6.45, 7) is 5.50. The van der Waals surface area contributed by atoms with Crippen molar-refractivity contribution in [3.05, 3.63) is 78.8 Å². The highest BCUT2D eigenvalue weighted by molar-refractivity contribution is 6.46. The van der Waals surface area contributed by atoms with Crippen molar-refractivity contribution in [1.29, 1.82) is 0 Å². The molecule has 2 heterocycles. The first-order valence-electron chi connectivity index (χ1n) is 10.8. The van der Waals surface area contributed by atoms with Crippen LogP contribution in [0.1, 0.15) is 24.2 Å². The first kappa shape index (κ1) is 22.0. The van der Waals surface area contributed by atoms with Crippen LogP contribution < -0.4 is 5.32 Å². The molecular formula is C25H25N5O3. The van der Waals surface area contributed by atoms with Crippen LogP contribution in [0.15, 0.2) is 73.2 Å². The maximum Gasteiger partial charge on any atom is 0.296 e. The molecule has 0 aliphatic carbocycles. The molecular weight excluding hydrogens is 418 g/mol. The molecule has 0 aliphatic heterocycles. The quantitative estimate of drug-likeness (QED) is 0.333. The molecule has 1 N–H and O–H groups in total. The lowest BCUT2D eigenvalue weighted by Crippen LogP contribution is -2.33. The van der Waals surface area contributed by atoms with Crippen molar-refractivity contribution < 1.29 is 14.4 Å². The van der Waals surface area contributed by atoms with Gasteiger partial charge in [0.15, 0.2) is 0 Å². The summed E-state index contributed by atoms with van der Waals surface area (Å²) in [6.07, 6.45) is 4.76. The third kappa shape index (κ3) is 4.69. The van der Waals surface area contributed by atoms with E-state index < -0.39 is 11.7 Å². The van der Waals surface area contributed by atoms with Crippen molar-refractivity contribution in [1.82, 2.24) is 19.2 Å². The van der Waals surface area contributed by atoms with Gasteiger partial charge in [0.2, 0.25) is 5.91 Å². The summed E-state index contributed by atoms with van der Waals surface area (Å²) in [5.74, 6) is -1.35. The highest BCUT2D eigenvalue weighted by Gasteiger charge is 2.19. The standard InChI is InChI=1S/C25H25N5O3/c1-3-28(4-2)23(31)17-29-13-12-18-14-20(10-11-22(18)29)27-25(33)24(32)19-15-26-30(16-19)21-8-6-5-7-9-21/h5-16H,3-4,17H2,1-2H3,(H,27,33). The third-order valence-electron chi connectivity index (χ3n) is 5.52. The van der Waals surface area contributed by atoms with E-state index in [9.17, 15) is 14.4 Å². The van der Waals surface area contributed by atoms with Gasteiger partial charge >= 0.3 is 0 Å². The van der Waals surface area contributed by atoms with Crippen LogP contribution in [0.2, 0.25) is 0 Å².